The molecule has 0 aliphatic heterocycles. The lowest BCUT2D eigenvalue weighted by atomic mass is 10.1. The Morgan fingerprint density at radius 3 is 2.55 bits per heavy atom. The van der Waals surface area contributed by atoms with Crippen molar-refractivity contribution in [2.75, 3.05) is 12.3 Å². The second-order valence-corrected chi connectivity index (χ2v) is 5.44. The number of carbonyl (C=O) groups excluding carboxylic acids is 2. The molecule has 0 aliphatic carbocycles. The van der Waals surface area contributed by atoms with Crippen molar-refractivity contribution in [1.29, 1.82) is 0 Å². The highest BCUT2D eigenvalue weighted by Crippen LogP contribution is 2.22. The number of nitrogen functional groups attached to an aromatic ring is 1. The van der Waals surface area contributed by atoms with Gasteiger partial charge in [-0.1, -0.05) is 31.5 Å². The number of halogens is 1. The molecule has 1 unspecified atom stereocenters. The average Bonchev–Trinajstić information content (AvgIpc) is 2.38. The number of nitrogens with two attached hydrogens (primary N) is 1. The smallest absolute Gasteiger partial charge is 0.254 e. The molecule has 1 rings (SSSR count). The number of nitrogens with one attached hydrogen (secondary N) is 2. The molecule has 0 aromatic heterocycles. The zero-order valence-corrected chi connectivity index (χ0v) is 12.6. The van der Waals surface area contributed by atoms with Crippen molar-refractivity contribution in [3.63, 3.8) is 0 Å². The summed E-state index contributed by atoms with van der Waals surface area (Å²) in [7, 11) is 0. The SMILES string of the molecule is CC(C)CNC(=O)C(C)NC(=O)c1cccc(Cl)c1N. The predicted molar refractivity (Wildman–Crippen MR) is 80.6 cm³/mol. The molecule has 2 amide bonds. The Bertz CT molecular complexity index is 503. The fourth-order valence-electron chi connectivity index (χ4n) is 1.53. The van der Waals surface area contributed by atoms with Gasteiger partial charge in [0, 0.05) is 6.54 Å². The molecule has 4 N–H and O–H groups in total. The van der Waals surface area contributed by atoms with Crippen molar-refractivity contribution < 1.29 is 9.59 Å². The summed E-state index contributed by atoms with van der Waals surface area (Å²) in [5, 5.41) is 5.67. The summed E-state index contributed by atoms with van der Waals surface area (Å²) >= 11 is 5.86. The summed E-state index contributed by atoms with van der Waals surface area (Å²) in [4.78, 5) is 23.8. The van der Waals surface area contributed by atoms with Crippen LogP contribution in [0.25, 0.3) is 0 Å². The van der Waals surface area contributed by atoms with Crippen molar-refractivity contribution in [3.05, 3.63) is 28.8 Å². The molecule has 0 bridgehead atoms. The highest BCUT2D eigenvalue weighted by Gasteiger charge is 2.18. The van der Waals surface area contributed by atoms with Gasteiger partial charge >= 0.3 is 0 Å². The fourth-order valence-corrected chi connectivity index (χ4v) is 1.71. The minimum atomic E-state index is -0.639. The van der Waals surface area contributed by atoms with Gasteiger partial charge in [0.1, 0.15) is 6.04 Å². The van der Waals surface area contributed by atoms with Crippen LogP contribution in [-0.4, -0.2) is 24.4 Å². The maximum absolute atomic E-state index is 12.0. The average molecular weight is 298 g/mol. The van der Waals surface area contributed by atoms with Crippen molar-refractivity contribution in [2.45, 2.75) is 26.8 Å². The third-order valence-electron chi connectivity index (χ3n) is 2.72. The van der Waals surface area contributed by atoms with Gasteiger partial charge in [-0.05, 0) is 25.0 Å². The number of hydrogen-bond acceptors (Lipinski definition) is 3. The van der Waals surface area contributed by atoms with Crippen LogP contribution in [-0.2, 0) is 4.79 Å². The molecule has 0 heterocycles. The van der Waals surface area contributed by atoms with Gasteiger partial charge in [-0.2, -0.15) is 0 Å². The van der Waals surface area contributed by atoms with Crippen LogP contribution in [0, 0.1) is 5.92 Å². The maximum Gasteiger partial charge on any atom is 0.254 e. The summed E-state index contributed by atoms with van der Waals surface area (Å²) in [5.74, 6) is -0.296. The van der Waals surface area contributed by atoms with E-state index in [1.54, 1.807) is 25.1 Å². The number of rotatable bonds is 5. The van der Waals surface area contributed by atoms with E-state index in [0.717, 1.165) is 0 Å². The molecule has 1 aromatic carbocycles. The number of para-hydroxylation sites is 1. The molecule has 1 aromatic rings. The normalized spacial score (nSPS) is 12.1. The predicted octanol–water partition coefficient (Wildman–Crippen LogP) is 1.81. The third kappa shape index (κ3) is 4.42. The molecule has 20 heavy (non-hydrogen) atoms. The lowest BCUT2D eigenvalue weighted by molar-refractivity contribution is -0.122. The minimum Gasteiger partial charge on any atom is -0.397 e. The molecule has 110 valence electrons. The number of hydrogen-bond donors (Lipinski definition) is 3. The molecule has 0 saturated carbocycles. The van der Waals surface area contributed by atoms with Crippen LogP contribution < -0.4 is 16.4 Å². The van der Waals surface area contributed by atoms with Crippen LogP contribution in [0.2, 0.25) is 5.02 Å². The molecule has 5 nitrogen and oxygen atoms in total. The van der Waals surface area contributed by atoms with Gasteiger partial charge in [0.05, 0.1) is 16.3 Å². The molecule has 0 fully saturated rings. The quantitative estimate of drug-likeness (QED) is 0.725. The second-order valence-electron chi connectivity index (χ2n) is 5.04. The molecular weight excluding hydrogens is 278 g/mol. The summed E-state index contributed by atoms with van der Waals surface area (Å²) in [6.07, 6.45) is 0. The first-order valence-electron chi connectivity index (χ1n) is 6.45. The van der Waals surface area contributed by atoms with E-state index in [1.165, 1.54) is 0 Å². The van der Waals surface area contributed by atoms with E-state index in [9.17, 15) is 9.59 Å². The van der Waals surface area contributed by atoms with Crippen LogP contribution in [0.1, 0.15) is 31.1 Å². The summed E-state index contributed by atoms with van der Waals surface area (Å²) in [6, 6.07) is 4.17. The Morgan fingerprint density at radius 1 is 1.30 bits per heavy atom. The van der Waals surface area contributed by atoms with E-state index in [-0.39, 0.29) is 17.2 Å². The molecular formula is C14H20ClN3O2. The van der Waals surface area contributed by atoms with Gasteiger partial charge in [0.15, 0.2) is 0 Å². The van der Waals surface area contributed by atoms with E-state index < -0.39 is 11.9 Å². The van der Waals surface area contributed by atoms with Crippen LogP contribution >= 0.6 is 11.6 Å². The number of benzene rings is 1. The Morgan fingerprint density at radius 2 is 1.95 bits per heavy atom. The summed E-state index contributed by atoms with van der Waals surface area (Å²) < 4.78 is 0. The van der Waals surface area contributed by atoms with Crippen LogP contribution in [0.3, 0.4) is 0 Å². The number of amides is 2. The highest BCUT2D eigenvalue weighted by atomic mass is 35.5. The monoisotopic (exact) mass is 297 g/mol. The standard InChI is InChI=1S/C14H20ClN3O2/c1-8(2)7-17-13(19)9(3)18-14(20)10-5-4-6-11(15)12(10)16/h4-6,8-9H,7,16H2,1-3H3,(H,17,19)(H,18,20). The van der Waals surface area contributed by atoms with Crippen molar-refractivity contribution in [2.24, 2.45) is 5.92 Å². The lowest BCUT2D eigenvalue weighted by Crippen LogP contribution is -2.45. The summed E-state index contributed by atoms with van der Waals surface area (Å²) in [6.45, 7) is 6.18. The van der Waals surface area contributed by atoms with Crippen LogP contribution in [0.5, 0.6) is 0 Å². The van der Waals surface area contributed by atoms with Gasteiger partial charge in [-0.3, -0.25) is 9.59 Å². The van der Waals surface area contributed by atoms with Gasteiger partial charge in [0.2, 0.25) is 5.91 Å². The van der Waals surface area contributed by atoms with E-state index in [4.69, 9.17) is 17.3 Å². The number of anilines is 1. The number of carbonyl (C=O) groups is 2. The van der Waals surface area contributed by atoms with Crippen LogP contribution in [0.4, 0.5) is 5.69 Å². The molecule has 6 heteroatoms. The highest BCUT2D eigenvalue weighted by molar-refractivity contribution is 6.34. The first-order chi connectivity index (χ1) is 9.32. The van der Waals surface area contributed by atoms with Crippen molar-refractivity contribution >= 4 is 29.1 Å². The first kappa shape index (κ1) is 16.3. The Kier molecular flexibility index (Phi) is 5.82. The topological polar surface area (TPSA) is 84.2 Å². The van der Waals surface area contributed by atoms with E-state index in [2.05, 4.69) is 10.6 Å². The Balaban J connectivity index is 2.66. The Labute approximate surface area is 123 Å². The molecule has 0 spiro atoms. The van der Waals surface area contributed by atoms with E-state index in [1.807, 2.05) is 13.8 Å². The zero-order valence-electron chi connectivity index (χ0n) is 11.9. The van der Waals surface area contributed by atoms with Gasteiger partial charge < -0.3 is 16.4 Å². The summed E-state index contributed by atoms with van der Waals surface area (Å²) in [5.41, 5.74) is 6.21. The first-order valence-corrected chi connectivity index (χ1v) is 6.83. The van der Waals surface area contributed by atoms with Crippen molar-refractivity contribution in [1.82, 2.24) is 10.6 Å². The zero-order chi connectivity index (χ0) is 15.3. The van der Waals surface area contributed by atoms with Gasteiger partial charge in [0.25, 0.3) is 5.91 Å². The third-order valence-corrected chi connectivity index (χ3v) is 3.05. The second kappa shape index (κ2) is 7.14. The molecule has 0 aliphatic rings. The molecule has 0 radical (unpaired) electrons. The van der Waals surface area contributed by atoms with E-state index in [0.29, 0.717) is 17.5 Å². The fraction of sp³-hybridized carbons (Fsp3) is 0.429. The van der Waals surface area contributed by atoms with Gasteiger partial charge in [-0.15, -0.1) is 0 Å². The molecule has 0 saturated heterocycles. The lowest BCUT2D eigenvalue weighted by Gasteiger charge is -2.16. The maximum atomic E-state index is 12.0. The Hall–Kier alpha value is -1.75. The molecule has 1 atom stereocenters. The van der Waals surface area contributed by atoms with Crippen LogP contribution in [0.15, 0.2) is 18.2 Å². The minimum absolute atomic E-state index is 0.210. The largest absolute Gasteiger partial charge is 0.397 e. The van der Waals surface area contributed by atoms with Gasteiger partial charge in [-0.25, -0.2) is 0 Å². The van der Waals surface area contributed by atoms with E-state index >= 15 is 0 Å². The van der Waals surface area contributed by atoms with Crippen molar-refractivity contribution in [3.8, 4) is 0 Å².